The van der Waals surface area contributed by atoms with E-state index in [9.17, 15) is 15.0 Å². The molecule has 0 aliphatic heterocycles. The Labute approximate surface area is 198 Å². The highest BCUT2D eigenvalue weighted by Crippen LogP contribution is 2.42. The summed E-state index contributed by atoms with van der Waals surface area (Å²) < 4.78 is 11.2. The van der Waals surface area contributed by atoms with Gasteiger partial charge in [0.1, 0.15) is 28.6 Å². The lowest BCUT2D eigenvalue weighted by Crippen LogP contribution is -2.12. The smallest absolute Gasteiger partial charge is 0.170 e. The second-order valence-corrected chi connectivity index (χ2v) is 8.98. The first kappa shape index (κ1) is 26.3. The summed E-state index contributed by atoms with van der Waals surface area (Å²) in [5, 5.41) is 20.4. The van der Waals surface area contributed by atoms with Crippen LogP contribution < -0.4 is 9.47 Å². The third-order valence-electron chi connectivity index (χ3n) is 6.03. The van der Waals surface area contributed by atoms with Gasteiger partial charge in [-0.25, -0.2) is 0 Å². The monoisotopic (exact) mass is 454 g/mol. The molecule has 5 nitrogen and oxygen atoms in total. The van der Waals surface area contributed by atoms with Gasteiger partial charge in [0.25, 0.3) is 0 Å². The lowest BCUT2D eigenvalue weighted by molar-refractivity contribution is 0.0969. The Balaban J connectivity index is 2.43. The second-order valence-electron chi connectivity index (χ2n) is 8.98. The van der Waals surface area contributed by atoms with E-state index in [2.05, 4.69) is 26.8 Å². The number of methoxy groups -OCH3 is 2. The second kappa shape index (κ2) is 12.3. The Morgan fingerprint density at radius 3 is 2.30 bits per heavy atom. The molecular weight excluding hydrogens is 416 g/mol. The largest absolute Gasteiger partial charge is 0.508 e. The fourth-order valence-corrected chi connectivity index (χ4v) is 4.21. The third-order valence-corrected chi connectivity index (χ3v) is 6.03. The molecule has 33 heavy (non-hydrogen) atoms. The van der Waals surface area contributed by atoms with Gasteiger partial charge in [0, 0.05) is 18.1 Å². The van der Waals surface area contributed by atoms with E-state index in [0.717, 1.165) is 24.8 Å². The van der Waals surface area contributed by atoms with Crippen LogP contribution in [0.5, 0.6) is 23.0 Å². The average Bonchev–Trinajstić information content (AvgIpc) is 2.78. The molecule has 0 heterocycles. The average molecular weight is 455 g/mol. The number of ether oxygens (including phenoxy) is 2. The molecule has 0 bridgehead atoms. The number of rotatable bonds is 12. The molecule has 0 fully saturated rings. The minimum atomic E-state index is -0.109. The SMILES string of the molecule is CCCC(CC=C(C)C)Cc1c(O)cc(OC)c(C(=O)C[C@H](C)c2ccc(O)cc2)c1OC. The fraction of sp³-hybridized carbons (Fsp3) is 0.464. The van der Waals surface area contributed by atoms with Crippen LogP contribution in [-0.2, 0) is 6.42 Å². The summed E-state index contributed by atoms with van der Waals surface area (Å²) >= 11 is 0. The first-order valence-corrected chi connectivity index (χ1v) is 11.6. The van der Waals surface area contributed by atoms with Crippen molar-refractivity contribution in [3.8, 4) is 23.0 Å². The number of ketones is 1. The summed E-state index contributed by atoms with van der Waals surface area (Å²) in [6, 6.07) is 8.41. The van der Waals surface area contributed by atoms with Crippen LogP contribution in [0.2, 0.25) is 0 Å². The molecular formula is C28H38O5. The van der Waals surface area contributed by atoms with Crippen LogP contribution in [0, 0.1) is 5.92 Å². The van der Waals surface area contributed by atoms with Crippen LogP contribution in [-0.4, -0.2) is 30.2 Å². The van der Waals surface area contributed by atoms with E-state index in [4.69, 9.17) is 9.47 Å². The molecule has 0 saturated carbocycles. The Morgan fingerprint density at radius 1 is 1.09 bits per heavy atom. The van der Waals surface area contributed by atoms with Crippen molar-refractivity contribution >= 4 is 5.78 Å². The molecule has 5 heteroatoms. The van der Waals surface area contributed by atoms with Gasteiger partial charge in [-0.1, -0.05) is 50.5 Å². The van der Waals surface area contributed by atoms with E-state index in [1.807, 2.05) is 19.1 Å². The molecule has 0 radical (unpaired) electrons. The summed E-state index contributed by atoms with van der Waals surface area (Å²) in [6.45, 7) is 8.29. The van der Waals surface area contributed by atoms with Gasteiger partial charge in [-0.3, -0.25) is 4.79 Å². The first-order valence-electron chi connectivity index (χ1n) is 11.6. The van der Waals surface area contributed by atoms with Crippen molar-refractivity contribution in [1.82, 2.24) is 0 Å². The van der Waals surface area contributed by atoms with Gasteiger partial charge in [0.2, 0.25) is 0 Å². The predicted octanol–water partition coefficient (Wildman–Crippen LogP) is 6.81. The number of carbonyl (C=O) groups excluding carboxylic acids is 1. The Kier molecular flexibility index (Phi) is 9.83. The van der Waals surface area contributed by atoms with Crippen LogP contribution in [0.3, 0.4) is 0 Å². The van der Waals surface area contributed by atoms with E-state index in [1.54, 1.807) is 12.1 Å². The topological polar surface area (TPSA) is 76.0 Å². The van der Waals surface area contributed by atoms with Crippen molar-refractivity contribution in [1.29, 1.82) is 0 Å². The molecule has 0 aliphatic rings. The molecule has 2 atom stereocenters. The van der Waals surface area contributed by atoms with Gasteiger partial charge < -0.3 is 19.7 Å². The Morgan fingerprint density at radius 2 is 1.76 bits per heavy atom. The molecule has 2 rings (SSSR count). The van der Waals surface area contributed by atoms with Crippen molar-refractivity contribution in [2.75, 3.05) is 14.2 Å². The minimum Gasteiger partial charge on any atom is -0.508 e. The number of phenolic OH excluding ortho intramolecular Hbond substituents is 2. The van der Waals surface area contributed by atoms with Gasteiger partial charge in [0.05, 0.1) is 14.2 Å². The maximum Gasteiger partial charge on any atom is 0.170 e. The highest BCUT2D eigenvalue weighted by atomic mass is 16.5. The molecule has 2 aromatic rings. The standard InChI is InChI=1S/C28H38O5/c1-7-8-20(10-9-18(2)3)16-23-24(30)17-26(32-5)27(28(23)33-6)25(31)15-19(4)21-11-13-22(29)14-12-21/h9,11-14,17,19-20,29-30H,7-8,10,15-16H2,1-6H3/t19-,20?/m0/s1. The molecule has 180 valence electrons. The molecule has 0 aromatic heterocycles. The summed E-state index contributed by atoms with van der Waals surface area (Å²) in [7, 11) is 3.02. The zero-order valence-electron chi connectivity index (χ0n) is 20.8. The van der Waals surface area contributed by atoms with Crippen molar-refractivity contribution in [2.24, 2.45) is 5.92 Å². The first-order chi connectivity index (χ1) is 15.7. The minimum absolute atomic E-state index is 0.0599. The number of benzene rings is 2. The highest BCUT2D eigenvalue weighted by molar-refractivity contribution is 6.02. The van der Waals surface area contributed by atoms with Gasteiger partial charge in [-0.05, 0) is 56.2 Å². The highest BCUT2D eigenvalue weighted by Gasteiger charge is 2.27. The number of allylic oxidation sites excluding steroid dienone is 2. The van der Waals surface area contributed by atoms with Gasteiger partial charge in [0.15, 0.2) is 5.78 Å². The lowest BCUT2D eigenvalue weighted by Gasteiger charge is -2.22. The zero-order valence-corrected chi connectivity index (χ0v) is 20.8. The number of hydrogen-bond acceptors (Lipinski definition) is 5. The zero-order chi connectivity index (χ0) is 24.5. The maximum atomic E-state index is 13.4. The van der Waals surface area contributed by atoms with Crippen LogP contribution in [0.15, 0.2) is 42.0 Å². The number of Topliss-reactive ketones (excluding diaryl/α,β-unsaturated/α-hetero) is 1. The summed E-state index contributed by atoms with van der Waals surface area (Å²) in [5.74, 6) is 1.15. The fourth-order valence-electron chi connectivity index (χ4n) is 4.21. The van der Waals surface area contributed by atoms with E-state index in [1.165, 1.54) is 25.9 Å². The number of hydrogen-bond donors (Lipinski definition) is 2. The molecule has 2 N–H and O–H groups in total. The Bertz CT molecular complexity index is 955. The van der Waals surface area contributed by atoms with Crippen molar-refractivity contribution < 1.29 is 24.5 Å². The van der Waals surface area contributed by atoms with Crippen molar-refractivity contribution in [3.05, 3.63) is 58.7 Å². The summed E-state index contributed by atoms with van der Waals surface area (Å²) in [5.41, 5.74) is 3.25. The Hall–Kier alpha value is -2.95. The quantitative estimate of drug-likeness (QED) is 0.272. The van der Waals surface area contributed by atoms with Gasteiger partial charge in [-0.2, -0.15) is 0 Å². The molecule has 0 spiro atoms. The molecule has 1 unspecified atom stereocenters. The van der Waals surface area contributed by atoms with E-state index >= 15 is 0 Å². The summed E-state index contributed by atoms with van der Waals surface area (Å²) in [4.78, 5) is 13.4. The molecule has 0 aliphatic carbocycles. The van der Waals surface area contributed by atoms with E-state index in [-0.39, 0.29) is 29.6 Å². The van der Waals surface area contributed by atoms with Crippen LogP contribution in [0.1, 0.15) is 80.8 Å². The third kappa shape index (κ3) is 7.01. The maximum absolute atomic E-state index is 13.4. The molecule has 0 saturated heterocycles. The predicted molar refractivity (Wildman–Crippen MR) is 133 cm³/mol. The normalized spacial score (nSPS) is 12.7. The van der Waals surface area contributed by atoms with Crippen LogP contribution >= 0.6 is 0 Å². The van der Waals surface area contributed by atoms with E-state index in [0.29, 0.717) is 35.0 Å². The summed E-state index contributed by atoms with van der Waals surface area (Å²) in [6.07, 6.45) is 6.04. The number of phenols is 2. The molecule has 2 aromatic carbocycles. The number of aromatic hydroxyl groups is 2. The van der Waals surface area contributed by atoms with Crippen molar-refractivity contribution in [3.63, 3.8) is 0 Å². The molecule has 0 amide bonds. The van der Waals surface area contributed by atoms with E-state index < -0.39 is 0 Å². The van der Waals surface area contributed by atoms with Crippen LogP contribution in [0.4, 0.5) is 0 Å². The van der Waals surface area contributed by atoms with Gasteiger partial charge >= 0.3 is 0 Å². The van der Waals surface area contributed by atoms with Crippen molar-refractivity contribution in [2.45, 2.75) is 65.7 Å². The van der Waals surface area contributed by atoms with Crippen LogP contribution in [0.25, 0.3) is 0 Å². The lowest BCUT2D eigenvalue weighted by atomic mass is 9.87. The van der Waals surface area contributed by atoms with Gasteiger partial charge in [-0.15, -0.1) is 0 Å². The number of carbonyl (C=O) groups is 1.